The van der Waals surface area contributed by atoms with E-state index in [1.54, 1.807) is 7.11 Å². The first-order valence-corrected chi connectivity index (χ1v) is 10.9. The first-order valence-electron chi connectivity index (χ1n) is 9.78. The minimum absolute atomic E-state index is 0.186. The summed E-state index contributed by atoms with van der Waals surface area (Å²) in [6.07, 6.45) is -0.0718. The largest absolute Gasteiger partial charge is 0.493 e. The van der Waals surface area contributed by atoms with Crippen LogP contribution in [0.5, 0.6) is 11.5 Å². The maximum atomic E-state index is 13.0. The molecule has 0 saturated heterocycles. The van der Waals surface area contributed by atoms with Crippen molar-refractivity contribution in [1.29, 1.82) is 0 Å². The molecular formula is C22H35IO5. The van der Waals surface area contributed by atoms with Crippen LogP contribution in [0.25, 0.3) is 0 Å². The Bertz CT molecular complexity index is 668. The second kappa shape index (κ2) is 10.1. The second-order valence-corrected chi connectivity index (χ2v) is 9.32. The van der Waals surface area contributed by atoms with Crippen LogP contribution >= 0.6 is 22.6 Å². The van der Waals surface area contributed by atoms with Gasteiger partial charge in [-0.05, 0) is 79.8 Å². The number of esters is 1. The molecule has 0 bridgehead atoms. The van der Waals surface area contributed by atoms with Crippen LogP contribution in [0.3, 0.4) is 0 Å². The number of hydrogen-bond donors (Lipinski definition) is 0. The van der Waals surface area contributed by atoms with Crippen molar-refractivity contribution in [2.24, 2.45) is 10.8 Å². The van der Waals surface area contributed by atoms with Gasteiger partial charge in [0.15, 0.2) is 17.8 Å². The van der Waals surface area contributed by atoms with Crippen LogP contribution in [-0.4, -0.2) is 26.0 Å². The summed E-state index contributed by atoms with van der Waals surface area (Å²) in [5.41, 5.74) is 0.102. The lowest BCUT2D eigenvalue weighted by Crippen LogP contribution is -2.41. The lowest BCUT2D eigenvalue weighted by atomic mass is 9.66. The average Bonchev–Trinajstić information content (AvgIpc) is 2.61. The molecule has 5 nitrogen and oxygen atoms in total. The van der Waals surface area contributed by atoms with Crippen molar-refractivity contribution in [2.45, 2.75) is 74.2 Å². The van der Waals surface area contributed by atoms with Crippen molar-refractivity contribution in [2.75, 3.05) is 13.7 Å². The van der Waals surface area contributed by atoms with Crippen molar-refractivity contribution in [3.63, 3.8) is 0 Å². The molecule has 6 heteroatoms. The van der Waals surface area contributed by atoms with E-state index in [0.717, 1.165) is 9.13 Å². The molecular weight excluding hydrogens is 471 g/mol. The lowest BCUT2D eigenvalue weighted by molar-refractivity contribution is -0.167. The number of halogens is 1. The number of methoxy groups -OCH3 is 1. The highest BCUT2D eigenvalue weighted by atomic mass is 127. The topological polar surface area (TPSA) is 54.0 Å². The van der Waals surface area contributed by atoms with E-state index in [-0.39, 0.29) is 17.7 Å². The third-order valence-electron chi connectivity index (χ3n) is 5.50. The number of rotatable bonds is 9. The SMILES string of the molecule is CCOC(C)Oc1c(I)cc(C(C)OC(=O)C(C)(CC)C(C)(C)C)cc1OC. The van der Waals surface area contributed by atoms with Gasteiger partial charge >= 0.3 is 5.97 Å². The Balaban J connectivity index is 3.10. The molecule has 0 aliphatic rings. The van der Waals surface area contributed by atoms with Crippen molar-refractivity contribution >= 4 is 28.6 Å². The Morgan fingerprint density at radius 2 is 1.75 bits per heavy atom. The van der Waals surface area contributed by atoms with Gasteiger partial charge in [0.05, 0.1) is 16.1 Å². The quantitative estimate of drug-likeness (QED) is 0.229. The summed E-state index contributed by atoms with van der Waals surface area (Å²) in [5, 5.41) is 0. The van der Waals surface area contributed by atoms with Crippen molar-refractivity contribution < 1.29 is 23.7 Å². The highest BCUT2D eigenvalue weighted by Gasteiger charge is 2.44. The van der Waals surface area contributed by atoms with E-state index in [9.17, 15) is 4.79 Å². The van der Waals surface area contributed by atoms with Gasteiger partial charge in [0.2, 0.25) is 0 Å². The zero-order chi connectivity index (χ0) is 21.7. The smallest absolute Gasteiger partial charge is 0.312 e. The number of hydrogen-bond acceptors (Lipinski definition) is 5. The van der Waals surface area contributed by atoms with Crippen LogP contribution < -0.4 is 9.47 Å². The average molecular weight is 506 g/mol. The molecule has 1 aromatic carbocycles. The molecule has 0 aliphatic heterocycles. The minimum Gasteiger partial charge on any atom is -0.493 e. The third kappa shape index (κ3) is 5.75. The van der Waals surface area contributed by atoms with E-state index in [2.05, 4.69) is 43.4 Å². The summed E-state index contributed by atoms with van der Waals surface area (Å²) < 4.78 is 23.6. The van der Waals surface area contributed by atoms with Crippen LogP contribution in [0.1, 0.15) is 73.5 Å². The molecule has 0 saturated carbocycles. The first-order chi connectivity index (χ1) is 12.9. The van der Waals surface area contributed by atoms with Gasteiger partial charge in [-0.1, -0.05) is 27.7 Å². The predicted molar refractivity (Wildman–Crippen MR) is 120 cm³/mol. The Hall–Kier alpha value is -1.02. The zero-order valence-electron chi connectivity index (χ0n) is 18.6. The Labute approximate surface area is 183 Å². The highest BCUT2D eigenvalue weighted by Crippen LogP contribution is 2.44. The normalized spacial score (nSPS) is 16.1. The molecule has 1 aromatic rings. The van der Waals surface area contributed by atoms with Gasteiger partial charge in [0.25, 0.3) is 0 Å². The molecule has 28 heavy (non-hydrogen) atoms. The Morgan fingerprint density at radius 3 is 2.21 bits per heavy atom. The van der Waals surface area contributed by atoms with Gasteiger partial charge in [-0.25, -0.2) is 0 Å². The van der Waals surface area contributed by atoms with Gasteiger partial charge in [-0.2, -0.15) is 0 Å². The minimum atomic E-state index is -0.561. The van der Waals surface area contributed by atoms with E-state index in [1.165, 1.54) is 0 Å². The number of carbonyl (C=O) groups is 1. The molecule has 0 spiro atoms. The van der Waals surface area contributed by atoms with Gasteiger partial charge < -0.3 is 18.9 Å². The van der Waals surface area contributed by atoms with Crippen LogP contribution in [0.15, 0.2) is 12.1 Å². The fraction of sp³-hybridized carbons (Fsp3) is 0.682. The maximum Gasteiger partial charge on any atom is 0.312 e. The number of ether oxygens (including phenoxy) is 4. The Kier molecular flexibility index (Phi) is 9.06. The van der Waals surface area contributed by atoms with Crippen LogP contribution in [0, 0.1) is 14.4 Å². The molecule has 0 amide bonds. The first kappa shape index (κ1) is 25.0. The van der Waals surface area contributed by atoms with Crippen molar-refractivity contribution in [3.8, 4) is 11.5 Å². The fourth-order valence-electron chi connectivity index (χ4n) is 2.86. The Morgan fingerprint density at radius 1 is 1.14 bits per heavy atom. The molecule has 0 N–H and O–H groups in total. The molecule has 0 radical (unpaired) electrons. The molecule has 1 rings (SSSR count). The van der Waals surface area contributed by atoms with Crippen LogP contribution in [0.2, 0.25) is 0 Å². The molecule has 3 unspecified atom stereocenters. The summed E-state index contributed by atoms with van der Waals surface area (Å²) in [5.74, 6) is 1.03. The maximum absolute atomic E-state index is 13.0. The highest BCUT2D eigenvalue weighted by molar-refractivity contribution is 14.1. The summed E-state index contributed by atoms with van der Waals surface area (Å²) in [6.45, 7) is 16.4. The second-order valence-electron chi connectivity index (χ2n) is 8.16. The predicted octanol–water partition coefficient (Wildman–Crippen LogP) is 6.13. The summed E-state index contributed by atoms with van der Waals surface area (Å²) >= 11 is 2.20. The summed E-state index contributed by atoms with van der Waals surface area (Å²) in [6, 6.07) is 3.81. The van der Waals surface area contributed by atoms with Gasteiger partial charge in [0.1, 0.15) is 6.10 Å². The van der Waals surface area contributed by atoms with E-state index in [1.807, 2.05) is 46.8 Å². The fourth-order valence-corrected chi connectivity index (χ4v) is 3.62. The molecule has 0 aliphatic carbocycles. The van der Waals surface area contributed by atoms with E-state index in [0.29, 0.717) is 24.5 Å². The van der Waals surface area contributed by atoms with Crippen LogP contribution in [-0.2, 0) is 14.3 Å². The lowest BCUT2D eigenvalue weighted by Gasteiger charge is -2.39. The van der Waals surface area contributed by atoms with E-state index < -0.39 is 11.5 Å². The van der Waals surface area contributed by atoms with Crippen molar-refractivity contribution in [1.82, 2.24) is 0 Å². The monoisotopic (exact) mass is 506 g/mol. The standard InChI is InChI=1S/C22H35IO5/c1-10-22(8,21(5,6)7)20(24)27-14(3)16-12-17(23)19(18(13-16)25-9)28-15(4)26-11-2/h12-15H,10-11H2,1-9H3. The zero-order valence-corrected chi connectivity index (χ0v) is 20.8. The van der Waals surface area contributed by atoms with Gasteiger partial charge in [-0.3, -0.25) is 4.79 Å². The molecule has 160 valence electrons. The number of benzene rings is 1. The summed E-state index contributed by atoms with van der Waals surface area (Å²) in [4.78, 5) is 13.0. The molecule has 3 atom stereocenters. The van der Waals surface area contributed by atoms with Crippen molar-refractivity contribution in [3.05, 3.63) is 21.3 Å². The molecule has 0 heterocycles. The molecule has 0 fully saturated rings. The van der Waals surface area contributed by atoms with E-state index >= 15 is 0 Å². The molecule has 0 aromatic heterocycles. The van der Waals surface area contributed by atoms with Crippen LogP contribution in [0.4, 0.5) is 0 Å². The van der Waals surface area contributed by atoms with Gasteiger partial charge in [0, 0.05) is 6.61 Å². The van der Waals surface area contributed by atoms with E-state index in [4.69, 9.17) is 18.9 Å². The number of carbonyl (C=O) groups excluding carboxylic acids is 1. The third-order valence-corrected chi connectivity index (χ3v) is 6.30. The summed E-state index contributed by atoms with van der Waals surface area (Å²) in [7, 11) is 1.60. The van der Waals surface area contributed by atoms with Gasteiger partial charge in [-0.15, -0.1) is 0 Å².